The van der Waals surface area contributed by atoms with Crippen molar-refractivity contribution < 1.29 is 14.3 Å². The van der Waals surface area contributed by atoms with Gasteiger partial charge in [0.2, 0.25) is 6.79 Å². The van der Waals surface area contributed by atoms with Crippen LogP contribution in [0.15, 0.2) is 16.6 Å². The Labute approximate surface area is 95.5 Å². The van der Waals surface area contributed by atoms with E-state index in [4.69, 9.17) is 15.2 Å². The Hall–Kier alpha value is -1.07. The predicted octanol–water partition coefficient (Wildman–Crippen LogP) is 1.71. The van der Waals surface area contributed by atoms with Gasteiger partial charge in [0.25, 0.3) is 0 Å². The molecular formula is C10H10BrNO3. The van der Waals surface area contributed by atoms with E-state index >= 15 is 0 Å². The summed E-state index contributed by atoms with van der Waals surface area (Å²) in [5, 5.41) is 0. The second-order valence-electron chi connectivity index (χ2n) is 3.12. The Bertz CT molecular complexity index is 406. The minimum Gasteiger partial charge on any atom is -0.454 e. The van der Waals surface area contributed by atoms with Crippen LogP contribution < -0.4 is 15.2 Å². The lowest BCUT2D eigenvalue weighted by molar-refractivity contribution is 0.0980. The number of halogens is 1. The number of Topliss-reactive ketones (excluding diaryl/α,β-unsaturated/α-hetero) is 1. The van der Waals surface area contributed by atoms with Crippen molar-refractivity contribution in [3.8, 4) is 11.5 Å². The summed E-state index contributed by atoms with van der Waals surface area (Å²) in [4.78, 5) is 11.8. The van der Waals surface area contributed by atoms with Crippen molar-refractivity contribution >= 4 is 21.7 Å². The van der Waals surface area contributed by atoms with Gasteiger partial charge in [-0.25, -0.2) is 0 Å². The lowest BCUT2D eigenvalue weighted by atomic mass is 10.1. The first-order valence-electron chi connectivity index (χ1n) is 4.55. The van der Waals surface area contributed by atoms with Gasteiger partial charge in [0.1, 0.15) is 0 Å². The molecule has 1 aromatic rings. The highest BCUT2D eigenvalue weighted by Crippen LogP contribution is 2.39. The van der Waals surface area contributed by atoms with E-state index in [9.17, 15) is 4.79 Å². The highest BCUT2D eigenvalue weighted by atomic mass is 79.9. The van der Waals surface area contributed by atoms with Crippen LogP contribution in [0.25, 0.3) is 0 Å². The SMILES string of the molecule is NCCC(=O)c1c(Br)ccc2c1OCO2. The second-order valence-corrected chi connectivity index (χ2v) is 3.97. The average Bonchev–Trinajstić information content (AvgIpc) is 2.65. The molecule has 1 aliphatic rings. The summed E-state index contributed by atoms with van der Waals surface area (Å²) in [6.07, 6.45) is 0.304. The standard InChI is InChI=1S/C10H10BrNO3/c11-6-1-2-8-10(15-5-14-8)9(6)7(13)3-4-12/h1-2H,3-5,12H2. The molecule has 0 spiro atoms. The van der Waals surface area contributed by atoms with E-state index < -0.39 is 0 Å². The Morgan fingerprint density at radius 1 is 1.47 bits per heavy atom. The molecular weight excluding hydrogens is 262 g/mol. The molecule has 0 radical (unpaired) electrons. The van der Waals surface area contributed by atoms with Crippen molar-refractivity contribution in [3.05, 3.63) is 22.2 Å². The molecule has 4 nitrogen and oxygen atoms in total. The largest absolute Gasteiger partial charge is 0.454 e. The molecule has 1 aliphatic heterocycles. The minimum absolute atomic E-state index is 0.0354. The maximum absolute atomic E-state index is 11.8. The molecule has 0 bridgehead atoms. The first-order chi connectivity index (χ1) is 7.24. The van der Waals surface area contributed by atoms with E-state index in [1.54, 1.807) is 12.1 Å². The molecule has 0 fully saturated rings. The Morgan fingerprint density at radius 2 is 2.27 bits per heavy atom. The Balaban J connectivity index is 2.45. The fourth-order valence-corrected chi connectivity index (χ4v) is 2.00. The number of rotatable bonds is 3. The smallest absolute Gasteiger partial charge is 0.231 e. The van der Waals surface area contributed by atoms with Crippen LogP contribution in [-0.2, 0) is 0 Å². The van der Waals surface area contributed by atoms with E-state index in [1.807, 2.05) is 0 Å². The van der Waals surface area contributed by atoms with Crippen LogP contribution in [0.3, 0.4) is 0 Å². The van der Waals surface area contributed by atoms with Gasteiger partial charge >= 0.3 is 0 Å². The second kappa shape index (κ2) is 4.20. The maximum Gasteiger partial charge on any atom is 0.231 e. The third-order valence-electron chi connectivity index (χ3n) is 2.14. The first-order valence-corrected chi connectivity index (χ1v) is 5.34. The number of hydrogen-bond donors (Lipinski definition) is 1. The predicted molar refractivity (Wildman–Crippen MR) is 58.3 cm³/mol. The molecule has 5 heteroatoms. The third kappa shape index (κ3) is 1.85. The first kappa shape index (κ1) is 10.4. The van der Waals surface area contributed by atoms with Crippen molar-refractivity contribution in [2.24, 2.45) is 5.73 Å². The highest BCUT2D eigenvalue weighted by Gasteiger charge is 2.24. The molecule has 0 saturated heterocycles. The van der Waals surface area contributed by atoms with Crippen LogP contribution in [-0.4, -0.2) is 19.1 Å². The lowest BCUT2D eigenvalue weighted by Crippen LogP contribution is -2.09. The molecule has 0 amide bonds. The number of hydrogen-bond acceptors (Lipinski definition) is 4. The fraction of sp³-hybridized carbons (Fsp3) is 0.300. The molecule has 0 aromatic heterocycles. The summed E-state index contributed by atoms with van der Waals surface area (Å²) in [6.45, 7) is 0.491. The van der Waals surface area contributed by atoms with E-state index in [1.165, 1.54) is 0 Å². The minimum atomic E-state index is -0.0354. The van der Waals surface area contributed by atoms with Gasteiger partial charge in [-0.05, 0) is 34.6 Å². The van der Waals surface area contributed by atoms with Gasteiger partial charge < -0.3 is 15.2 Å². The van der Waals surface area contributed by atoms with Gasteiger partial charge in [-0.1, -0.05) is 0 Å². The third-order valence-corrected chi connectivity index (χ3v) is 2.80. The van der Waals surface area contributed by atoms with E-state index in [0.717, 1.165) is 0 Å². The van der Waals surface area contributed by atoms with Crippen LogP contribution in [0, 0.1) is 0 Å². The zero-order chi connectivity index (χ0) is 10.8. The molecule has 1 heterocycles. The fourth-order valence-electron chi connectivity index (χ4n) is 1.46. The van der Waals surface area contributed by atoms with Crippen molar-refractivity contribution in [1.82, 2.24) is 0 Å². The normalized spacial score (nSPS) is 12.9. The van der Waals surface area contributed by atoms with Crippen LogP contribution >= 0.6 is 15.9 Å². The van der Waals surface area contributed by atoms with Crippen molar-refractivity contribution in [2.45, 2.75) is 6.42 Å². The number of ketones is 1. The zero-order valence-electron chi connectivity index (χ0n) is 7.96. The summed E-state index contributed by atoms with van der Waals surface area (Å²) >= 11 is 3.32. The molecule has 1 aromatic carbocycles. The zero-order valence-corrected chi connectivity index (χ0v) is 9.54. The summed E-state index contributed by atoms with van der Waals surface area (Å²) in [7, 11) is 0. The highest BCUT2D eigenvalue weighted by molar-refractivity contribution is 9.10. The number of benzene rings is 1. The van der Waals surface area contributed by atoms with Gasteiger partial charge in [-0.2, -0.15) is 0 Å². The maximum atomic E-state index is 11.8. The van der Waals surface area contributed by atoms with Gasteiger partial charge in [0.15, 0.2) is 17.3 Å². The quantitative estimate of drug-likeness (QED) is 0.851. The summed E-state index contributed by atoms with van der Waals surface area (Å²) in [5.74, 6) is 1.09. The number of ether oxygens (including phenoxy) is 2. The molecule has 0 aliphatic carbocycles. The molecule has 2 N–H and O–H groups in total. The van der Waals surface area contributed by atoms with Crippen LogP contribution in [0.1, 0.15) is 16.8 Å². The van der Waals surface area contributed by atoms with Crippen LogP contribution in [0.5, 0.6) is 11.5 Å². The van der Waals surface area contributed by atoms with Crippen molar-refractivity contribution in [3.63, 3.8) is 0 Å². The topological polar surface area (TPSA) is 61.6 Å². The number of carbonyl (C=O) groups excluding carboxylic acids is 1. The number of nitrogens with two attached hydrogens (primary N) is 1. The molecule has 15 heavy (non-hydrogen) atoms. The number of carbonyl (C=O) groups is 1. The summed E-state index contributed by atoms with van der Waals surface area (Å²) < 4.78 is 11.2. The Kier molecular flexibility index (Phi) is 2.93. The van der Waals surface area contributed by atoms with Crippen molar-refractivity contribution in [2.75, 3.05) is 13.3 Å². The summed E-state index contributed by atoms with van der Waals surface area (Å²) in [5.41, 5.74) is 5.88. The molecule has 2 rings (SSSR count). The van der Waals surface area contributed by atoms with Gasteiger partial charge in [-0.3, -0.25) is 4.79 Å². The lowest BCUT2D eigenvalue weighted by Gasteiger charge is -2.06. The number of fused-ring (bicyclic) bond motifs is 1. The monoisotopic (exact) mass is 271 g/mol. The van der Waals surface area contributed by atoms with Gasteiger partial charge in [0.05, 0.1) is 5.56 Å². The molecule has 0 unspecified atom stereocenters. The van der Waals surface area contributed by atoms with Crippen LogP contribution in [0.2, 0.25) is 0 Å². The average molecular weight is 272 g/mol. The van der Waals surface area contributed by atoms with E-state index in [0.29, 0.717) is 34.5 Å². The molecule has 80 valence electrons. The molecule has 0 saturated carbocycles. The Morgan fingerprint density at radius 3 is 3.00 bits per heavy atom. The molecule has 0 atom stereocenters. The van der Waals surface area contributed by atoms with E-state index in [-0.39, 0.29) is 12.6 Å². The van der Waals surface area contributed by atoms with E-state index in [2.05, 4.69) is 15.9 Å². The van der Waals surface area contributed by atoms with Gasteiger partial charge in [-0.15, -0.1) is 0 Å². The van der Waals surface area contributed by atoms with Crippen LogP contribution in [0.4, 0.5) is 0 Å². The summed E-state index contributed by atoms with van der Waals surface area (Å²) in [6, 6.07) is 3.54. The van der Waals surface area contributed by atoms with Crippen molar-refractivity contribution in [1.29, 1.82) is 0 Å². The van der Waals surface area contributed by atoms with Gasteiger partial charge in [0, 0.05) is 10.9 Å².